The molecule has 226 valence electrons. The fraction of sp³-hybridized carbons (Fsp3) is 0.0638. The standard InChI is InChI=1S/C34H26.C13H12/c1-23-8-6-7-11-32(23)34-24(2)12-13-30-20-29(18-19-33(30)34)28-17-15-26-14-16-27(21-31(26)22-28)25-9-4-3-5-10-25;1-11-7-9-13(10-8-11)12-5-3-2-4-6-12/h3-22H,1-2H3;2-10H,1H3. The van der Waals surface area contributed by atoms with Gasteiger partial charge in [0, 0.05) is 0 Å². The Morgan fingerprint density at radius 3 is 1.40 bits per heavy atom. The zero-order valence-electron chi connectivity index (χ0n) is 27.2. The van der Waals surface area contributed by atoms with E-state index in [1.807, 2.05) is 6.07 Å². The van der Waals surface area contributed by atoms with E-state index in [1.165, 1.54) is 82.7 Å². The van der Waals surface area contributed by atoms with E-state index < -0.39 is 0 Å². The molecule has 47 heavy (non-hydrogen) atoms. The van der Waals surface area contributed by atoms with Gasteiger partial charge in [0.2, 0.25) is 0 Å². The Labute approximate surface area is 278 Å². The molecule has 0 aliphatic heterocycles. The molecule has 0 atom stereocenters. The van der Waals surface area contributed by atoms with Gasteiger partial charge in [0.25, 0.3) is 0 Å². The highest BCUT2D eigenvalue weighted by Crippen LogP contribution is 2.36. The van der Waals surface area contributed by atoms with Crippen LogP contribution >= 0.6 is 0 Å². The fourth-order valence-corrected chi connectivity index (χ4v) is 6.44. The Hall–Kier alpha value is -5.72. The summed E-state index contributed by atoms with van der Waals surface area (Å²) in [4.78, 5) is 0. The zero-order valence-corrected chi connectivity index (χ0v) is 27.2. The van der Waals surface area contributed by atoms with Crippen LogP contribution in [0.25, 0.3) is 66.1 Å². The van der Waals surface area contributed by atoms with Crippen molar-refractivity contribution >= 4 is 21.5 Å². The lowest BCUT2D eigenvalue weighted by molar-refractivity contribution is 1.43. The summed E-state index contributed by atoms with van der Waals surface area (Å²) < 4.78 is 0. The summed E-state index contributed by atoms with van der Waals surface area (Å²) in [6.45, 7) is 6.51. The maximum absolute atomic E-state index is 2.33. The summed E-state index contributed by atoms with van der Waals surface area (Å²) >= 11 is 0. The van der Waals surface area contributed by atoms with Crippen molar-refractivity contribution in [3.05, 3.63) is 193 Å². The van der Waals surface area contributed by atoms with Crippen LogP contribution in [0.4, 0.5) is 0 Å². The Bertz CT molecular complexity index is 2290. The quantitative estimate of drug-likeness (QED) is 0.188. The minimum atomic E-state index is 1.25. The molecule has 0 N–H and O–H groups in total. The van der Waals surface area contributed by atoms with Crippen LogP contribution in [0, 0.1) is 20.8 Å². The molecule has 0 aliphatic carbocycles. The van der Waals surface area contributed by atoms with Gasteiger partial charge in [-0.2, -0.15) is 0 Å². The van der Waals surface area contributed by atoms with E-state index in [0.717, 1.165) is 0 Å². The minimum Gasteiger partial charge on any atom is -0.0622 e. The van der Waals surface area contributed by atoms with Gasteiger partial charge >= 0.3 is 0 Å². The molecular weight excluding hydrogens is 565 g/mol. The Morgan fingerprint density at radius 2 is 0.766 bits per heavy atom. The van der Waals surface area contributed by atoms with Gasteiger partial charge in [-0.1, -0.05) is 163 Å². The third-order valence-electron chi connectivity index (χ3n) is 9.08. The molecular formula is C47H38. The molecule has 0 heteroatoms. The van der Waals surface area contributed by atoms with Gasteiger partial charge in [-0.3, -0.25) is 0 Å². The lowest BCUT2D eigenvalue weighted by Gasteiger charge is -2.14. The van der Waals surface area contributed by atoms with Crippen LogP contribution in [0.5, 0.6) is 0 Å². The first-order valence-electron chi connectivity index (χ1n) is 16.3. The average molecular weight is 603 g/mol. The number of hydrogen-bond donors (Lipinski definition) is 0. The molecule has 0 spiro atoms. The Balaban J connectivity index is 0.000000226. The Morgan fingerprint density at radius 1 is 0.298 bits per heavy atom. The third-order valence-corrected chi connectivity index (χ3v) is 9.08. The van der Waals surface area contributed by atoms with Crippen LogP contribution in [0.15, 0.2) is 176 Å². The highest BCUT2D eigenvalue weighted by molar-refractivity contribution is 6.01. The molecule has 0 unspecified atom stereocenters. The van der Waals surface area contributed by atoms with Crippen molar-refractivity contribution < 1.29 is 0 Å². The van der Waals surface area contributed by atoms with Gasteiger partial charge in [-0.05, 0) is 116 Å². The predicted octanol–water partition coefficient (Wildman–Crippen LogP) is 13.3. The third kappa shape index (κ3) is 6.50. The van der Waals surface area contributed by atoms with Crippen LogP contribution in [0.1, 0.15) is 16.7 Å². The van der Waals surface area contributed by atoms with Gasteiger partial charge in [-0.25, -0.2) is 0 Å². The van der Waals surface area contributed by atoms with Crippen LogP contribution in [-0.4, -0.2) is 0 Å². The maximum atomic E-state index is 2.33. The molecule has 8 aromatic rings. The van der Waals surface area contributed by atoms with Crippen LogP contribution in [-0.2, 0) is 0 Å². The molecule has 0 aliphatic rings. The molecule has 0 heterocycles. The van der Waals surface area contributed by atoms with Crippen LogP contribution in [0.2, 0.25) is 0 Å². The largest absolute Gasteiger partial charge is 0.0622 e. The Kier molecular flexibility index (Phi) is 8.50. The first-order valence-corrected chi connectivity index (χ1v) is 16.3. The molecule has 8 rings (SSSR count). The first-order chi connectivity index (χ1) is 23.0. The molecule has 0 amide bonds. The van der Waals surface area contributed by atoms with Gasteiger partial charge in [-0.15, -0.1) is 0 Å². The average Bonchev–Trinajstić information content (AvgIpc) is 3.13. The van der Waals surface area contributed by atoms with Crippen LogP contribution < -0.4 is 0 Å². The van der Waals surface area contributed by atoms with Crippen molar-refractivity contribution in [3.8, 4) is 44.5 Å². The second kappa shape index (κ2) is 13.3. The zero-order chi connectivity index (χ0) is 32.2. The summed E-state index contributed by atoms with van der Waals surface area (Å²) in [6, 6.07) is 63.2. The van der Waals surface area contributed by atoms with Gasteiger partial charge in [0.05, 0.1) is 0 Å². The molecule has 0 saturated heterocycles. The van der Waals surface area contributed by atoms with Crippen molar-refractivity contribution in [2.45, 2.75) is 20.8 Å². The minimum absolute atomic E-state index is 1.25. The van der Waals surface area contributed by atoms with Crippen molar-refractivity contribution in [2.75, 3.05) is 0 Å². The van der Waals surface area contributed by atoms with E-state index in [1.54, 1.807) is 0 Å². The van der Waals surface area contributed by atoms with Gasteiger partial charge in [0.1, 0.15) is 0 Å². The highest BCUT2D eigenvalue weighted by atomic mass is 14.1. The topological polar surface area (TPSA) is 0 Å². The summed E-state index contributed by atoms with van der Waals surface area (Å²) in [5, 5.41) is 5.12. The molecule has 0 radical (unpaired) electrons. The van der Waals surface area contributed by atoms with E-state index in [2.05, 4.69) is 191 Å². The normalized spacial score (nSPS) is 10.9. The van der Waals surface area contributed by atoms with E-state index >= 15 is 0 Å². The number of hydrogen-bond acceptors (Lipinski definition) is 0. The van der Waals surface area contributed by atoms with E-state index in [0.29, 0.717) is 0 Å². The van der Waals surface area contributed by atoms with E-state index in [4.69, 9.17) is 0 Å². The highest BCUT2D eigenvalue weighted by Gasteiger charge is 2.11. The smallest absolute Gasteiger partial charge is 0.00735 e. The van der Waals surface area contributed by atoms with Crippen molar-refractivity contribution in [3.63, 3.8) is 0 Å². The second-order valence-electron chi connectivity index (χ2n) is 12.4. The predicted molar refractivity (Wildman–Crippen MR) is 204 cm³/mol. The lowest BCUT2D eigenvalue weighted by atomic mass is 9.90. The van der Waals surface area contributed by atoms with Gasteiger partial charge in [0.15, 0.2) is 0 Å². The summed E-state index contributed by atoms with van der Waals surface area (Å²) in [6.07, 6.45) is 0. The van der Waals surface area contributed by atoms with Crippen molar-refractivity contribution in [2.24, 2.45) is 0 Å². The van der Waals surface area contributed by atoms with E-state index in [-0.39, 0.29) is 0 Å². The monoisotopic (exact) mass is 602 g/mol. The lowest BCUT2D eigenvalue weighted by Crippen LogP contribution is -1.90. The van der Waals surface area contributed by atoms with Crippen molar-refractivity contribution in [1.29, 1.82) is 0 Å². The van der Waals surface area contributed by atoms with Crippen LogP contribution in [0.3, 0.4) is 0 Å². The molecule has 0 saturated carbocycles. The number of aryl methyl sites for hydroxylation is 3. The molecule has 0 aromatic heterocycles. The maximum Gasteiger partial charge on any atom is -0.00735 e. The van der Waals surface area contributed by atoms with Crippen molar-refractivity contribution in [1.82, 2.24) is 0 Å². The SMILES string of the molecule is Cc1ccc(-c2ccccc2)cc1.Cc1ccccc1-c1c(C)ccc2cc(-c3ccc4ccc(-c5ccccc5)cc4c3)ccc12. The molecule has 0 bridgehead atoms. The van der Waals surface area contributed by atoms with E-state index in [9.17, 15) is 0 Å². The first kappa shape index (κ1) is 30.0. The fourth-order valence-electron chi connectivity index (χ4n) is 6.44. The number of fused-ring (bicyclic) bond motifs is 2. The second-order valence-corrected chi connectivity index (χ2v) is 12.4. The summed E-state index contributed by atoms with van der Waals surface area (Å²) in [5.74, 6) is 0. The summed E-state index contributed by atoms with van der Waals surface area (Å²) in [5.41, 5.74) is 14.2. The summed E-state index contributed by atoms with van der Waals surface area (Å²) in [7, 11) is 0. The molecule has 0 nitrogen and oxygen atoms in total. The number of rotatable bonds is 4. The molecule has 0 fully saturated rings. The van der Waals surface area contributed by atoms with Gasteiger partial charge < -0.3 is 0 Å². The molecule has 8 aromatic carbocycles. The number of benzene rings is 8.